The minimum atomic E-state index is -0.638. The summed E-state index contributed by atoms with van der Waals surface area (Å²) in [5.41, 5.74) is 2.67. The van der Waals surface area contributed by atoms with Crippen molar-refractivity contribution < 1.29 is 18.7 Å². The molecule has 0 bridgehead atoms. The lowest BCUT2D eigenvalue weighted by atomic mass is 10.1. The van der Waals surface area contributed by atoms with E-state index in [0.717, 1.165) is 5.56 Å². The Morgan fingerprint density at radius 1 is 1.00 bits per heavy atom. The Morgan fingerprint density at radius 3 is 2.45 bits per heavy atom. The number of nitrogens with one attached hydrogen (secondary N) is 1. The van der Waals surface area contributed by atoms with E-state index in [9.17, 15) is 14.0 Å². The lowest BCUT2D eigenvalue weighted by molar-refractivity contribution is 0.0589. The van der Waals surface area contributed by atoms with Gasteiger partial charge in [-0.05, 0) is 41.5 Å². The van der Waals surface area contributed by atoms with Gasteiger partial charge in [-0.1, -0.05) is 59.6 Å². The number of esters is 1. The van der Waals surface area contributed by atoms with Gasteiger partial charge in [-0.2, -0.15) is 0 Å². The molecular formula is C25H19Cl2FN2O3. The summed E-state index contributed by atoms with van der Waals surface area (Å²) in [6.45, 7) is 0.531. The molecule has 0 unspecified atom stereocenters. The maximum absolute atomic E-state index is 14.0. The molecule has 168 valence electrons. The number of hydrogen-bond acceptors (Lipinski definition) is 3. The summed E-state index contributed by atoms with van der Waals surface area (Å²) in [4.78, 5) is 25.2. The van der Waals surface area contributed by atoms with Gasteiger partial charge in [0, 0.05) is 24.0 Å². The van der Waals surface area contributed by atoms with Crippen molar-refractivity contribution in [2.24, 2.45) is 0 Å². The first-order valence-corrected chi connectivity index (χ1v) is 10.8. The number of hydrogen-bond donors (Lipinski definition) is 1. The van der Waals surface area contributed by atoms with Gasteiger partial charge in [0.2, 0.25) is 0 Å². The van der Waals surface area contributed by atoms with Crippen LogP contribution in [0.5, 0.6) is 0 Å². The summed E-state index contributed by atoms with van der Waals surface area (Å²) in [5.74, 6) is -1.47. The van der Waals surface area contributed by atoms with Gasteiger partial charge in [0.15, 0.2) is 0 Å². The first-order chi connectivity index (χ1) is 15.9. The molecule has 1 heterocycles. The molecule has 3 aromatic carbocycles. The highest BCUT2D eigenvalue weighted by Crippen LogP contribution is 2.33. The zero-order chi connectivity index (χ0) is 23.5. The Kier molecular flexibility index (Phi) is 6.67. The summed E-state index contributed by atoms with van der Waals surface area (Å²) in [7, 11) is 1.26. The number of halogens is 3. The fraction of sp³-hybridized carbons (Fsp3) is 0.120. The van der Waals surface area contributed by atoms with Crippen LogP contribution < -0.4 is 5.32 Å². The van der Waals surface area contributed by atoms with Gasteiger partial charge in [0.1, 0.15) is 11.5 Å². The van der Waals surface area contributed by atoms with Crippen molar-refractivity contribution in [3.05, 3.63) is 105 Å². The Balaban J connectivity index is 1.71. The number of nitrogens with zero attached hydrogens (tertiary/aromatic N) is 1. The molecule has 0 aliphatic rings. The van der Waals surface area contributed by atoms with Crippen LogP contribution in [0.15, 0.2) is 66.7 Å². The van der Waals surface area contributed by atoms with Crippen LogP contribution in [0.2, 0.25) is 10.0 Å². The summed E-state index contributed by atoms with van der Waals surface area (Å²) >= 11 is 12.3. The molecule has 33 heavy (non-hydrogen) atoms. The predicted molar refractivity (Wildman–Crippen MR) is 126 cm³/mol. The third kappa shape index (κ3) is 4.72. The second kappa shape index (κ2) is 9.65. The number of fused-ring (bicyclic) bond motifs is 1. The van der Waals surface area contributed by atoms with Crippen molar-refractivity contribution in [2.45, 2.75) is 13.1 Å². The molecule has 0 fully saturated rings. The molecule has 8 heteroatoms. The Labute approximate surface area is 199 Å². The van der Waals surface area contributed by atoms with Crippen LogP contribution in [0.3, 0.4) is 0 Å². The zero-order valence-corrected chi connectivity index (χ0v) is 19.1. The number of amides is 1. The van der Waals surface area contributed by atoms with E-state index < -0.39 is 11.8 Å². The van der Waals surface area contributed by atoms with Crippen molar-refractivity contribution in [2.75, 3.05) is 7.11 Å². The van der Waals surface area contributed by atoms with Crippen LogP contribution in [0, 0.1) is 5.82 Å². The van der Waals surface area contributed by atoms with E-state index in [2.05, 4.69) is 5.32 Å². The molecule has 4 rings (SSSR count). The normalized spacial score (nSPS) is 10.9. The number of rotatable bonds is 6. The first-order valence-electron chi connectivity index (χ1n) is 10.0. The van der Waals surface area contributed by atoms with Crippen molar-refractivity contribution in [1.29, 1.82) is 0 Å². The number of carbonyl (C=O) groups is 2. The van der Waals surface area contributed by atoms with Gasteiger partial charge in [-0.3, -0.25) is 4.79 Å². The maximum Gasteiger partial charge on any atom is 0.356 e. The standard InChI is InChI=1S/C25H19Cl2FN2O3/c1-33-25(32)23-22(27)18-12-17(24(31)29-13-15-5-3-2-4-6-15)8-10-21(18)30(23)14-16-7-9-19(26)20(28)11-16/h2-12H,13-14H2,1H3,(H,29,31). The van der Waals surface area contributed by atoms with E-state index in [0.29, 0.717) is 28.6 Å². The summed E-state index contributed by atoms with van der Waals surface area (Å²) in [6, 6.07) is 18.9. The van der Waals surface area contributed by atoms with Gasteiger partial charge < -0.3 is 14.6 Å². The lowest BCUT2D eigenvalue weighted by Crippen LogP contribution is -2.22. The molecule has 0 aliphatic heterocycles. The topological polar surface area (TPSA) is 60.3 Å². The Hall–Kier alpha value is -3.35. The Morgan fingerprint density at radius 2 is 1.76 bits per heavy atom. The zero-order valence-electron chi connectivity index (χ0n) is 17.6. The number of carbonyl (C=O) groups excluding carboxylic acids is 2. The SMILES string of the molecule is COC(=O)c1c(Cl)c2cc(C(=O)NCc3ccccc3)ccc2n1Cc1ccc(Cl)c(F)c1. The number of aromatic nitrogens is 1. The van der Waals surface area contributed by atoms with Crippen molar-refractivity contribution in [1.82, 2.24) is 9.88 Å². The third-order valence-corrected chi connectivity index (χ3v) is 5.95. The molecule has 4 aromatic rings. The lowest BCUT2D eigenvalue weighted by Gasteiger charge is -2.11. The van der Waals surface area contributed by atoms with E-state index in [1.165, 1.54) is 19.2 Å². The van der Waals surface area contributed by atoms with Crippen LogP contribution in [0.1, 0.15) is 32.0 Å². The van der Waals surface area contributed by atoms with Crippen molar-refractivity contribution in [3.63, 3.8) is 0 Å². The average Bonchev–Trinajstić information content (AvgIpc) is 3.10. The largest absolute Gasteiger partial charge is 0.464 e. The van der Waals surface area contributed by atoms with Crippen LogP contribution >= 0.6 is 23.2 Å². The maximum atomic E-state index is 14.0. The predicted octanol–water partition coefficient (Wildman–Crippen LogP) is 5.85. The highest BCUT2D eigenvalue weighted by atomic mass is 35.5. The molecular weight excluding hydrogens is 466 g/mol. The van der Waals surface area contributed by atoms with E-state index in [1.54, 1.807) is 28.8 Å². The Bertz CT molecular complexity index is 1350. The second-order valence-electron chi connectivity index (χ2n) is 7.39. The van der Waals surface area contributed by atoms with Crippen LogP contribution in [0.4, 0.5) is 4.39 Å². The minimum absolute atomic E-state index is 0.00787. The quantitative estimate of drug-likeness (QED) is 0.349. The average molecular weight is 485 g/mol. The molecule has 0 saturated heterocycles. The highest BCUT2D eigenvalue weighted by Gasteiger charge is 2.24. The number of benzene rings is 3. The van der Waals surface area contributed by atoms with Crippen LogP contribution in [-0.2, 0) is 17.8 Å². The van der Waals surface area contributed by atoms with Crippen molar-refractivity contribution in [3.8, 4) is 0 Å². The number of methoxy groups -OCH3 is 1. The monoisotopic (exact) mass is 484 g/mol. The van der Waals surface area contributed by atoms with E-state index in [-0.39, 0.29) is 28.2 Å². The van der Waals surface area contributed by atoms with Crippen LogP contribution in [-0.4, -0.2) is 23.6 Å². The summed E-state index contributed by atoms with van der Waals surface area (Å²) in [5, 5.41) is 3.55. The van der Waals surface area contributed by atoms with Gasteiger partial charge in [0.25, 0.3) is 5.91 Å². The molecule has 0 radical (unpaired) electrons. The van der Waals surface area contributed by atoms with Gasteiger partial charge in [-0.15, -0.1) is 0 Å². The molecule has 1 N–H and O–H groups in total. The van der Waals surface area contributed by atoms with Gasteiger partial charge in [0.05, 0.1) is 22.7 Å². The molecule has 1 aromatic heterocycles. The highest BCUT2D eigenvalue weighted by molar-refractivity contribution is 6.38. The van der Waals surface area contributed by atoms with E-state index in [1.807, 2.05) is 30.3 Å². The molecule has 1 amide bonds. The molecule has 0 atom stereocenters. The molecule has 0 aliphatic carbocycles. The van der Waals surface area contributed by atoms with E-state index in [4.69, 9.17) is 27.9 Å². The minimum Gasteiger partial charge on any atom is -0.464 e. The number of ether oxygens (including phenoxy) is 1. The first kappa shape index (κ1) is 22.8. The third-order valence-electron chi connectivity index (χ3n) is 5.26. The molecule has 5 nitrogen and oxygen atoms in total. The van der Waals surface area contributed by atoms with Gasteiger partial charge in [-0.25, -0.2) is 9.18 Å². The van der Waals surface area contributed by atoms with Gasteiger partial charge >= 0.3 is 5.97 Å². The second-order valence-corrected chi connectivity index (χ2v) is 8.17. The van der Waals surface area contributed by atoms with Crippen molar-refractivity contribution >= 4 is 46.0 Å². The van der Waals surface area contributed by atoms with Crippen LogP contribution in [0.25, 0.3) is 10.9 Å². The fourth-order valence-electron chi connectivity index (χ4n) is 3.62. The summed E-state index contributed by atoms with van der Waals surface area (Å²) < 4.78 is 20.5. The van der Waals surface area contributed by atoms with E-state index >= 15 is 0 Å². The molecule has 0 spiro atoms. The molecule has 0 saturated carbocycles. The smallest absolute Gasteiger partial charge is 0.356 e. The fourth-order valence-corrected chi connectivity index (χ4v) is 4.06. The summed E-state index contributed by atoms with van der Waals surface area (Å²) in [6.07, 6.45) is 0.